The number of hydrogen-bond acceptors (Lipinski definition) is 3. The molecule has 0 spiro atoms. The zero-order valence-electron chi connectivity index (χ0n) is 8.59. The molecule has 1 aliphatic heterocycles. The maximum atomic E-state index is 12.1. The molecule has 0 aromatic carbocycles. The first-order valence-electron chi connectivity index (χ1n) is 5.02. The second-order valence-corrected chi connectivity index (χ2v) is 8.13. The zero-order valence-corrected chi connectivity index (χ0v) is 11.8. The van der Waals surface area contributed by atoms with E-state index in [0.29, 0.717) is 12.2 Å². The largest absolute Gasteiger partial charge is 0.298 e. The molecule has 2 heterocycles. The minimum absolute atomic E-state index is 0.115. The van der Waals surface area contributed by atoms with Crippen LogP contribution in [0.1, 0.15) is 24.6 Å². The van der Waals surface area contributed by atoms with E-state index < -0.39 is 0 Å². The van der Waals surface area contributed by atoms with Crippen molar-refractivity contribution in [3.05, 3.63) is 20.8 Å². The molecule has 82 valence electrons. The molecule has 0 N–H and O–H groups in total. The Bertz CT molecular complexity index is 366. The van der Waals surface area contributed by atoms with Gasteiger partial charge in [-0.1, -0.05) is 0 Å². The quantitative estimate of drug-likeness (QED) is 0.842. The third kappa shape index (κ3) is 2.66. The molecule has 1 unspecified atom stereocenters. The second kappa shape index (κ2) is 4.60. The Morgan fingerprint density at radius 3 is 2.93 bits per heavy atom. The lowest BCUT2D eigenvalue weighted by atomic mass is 9.97. The summed E-state index contributed by atoms with van der Waals surface area (Å²) < 4.78 is 0.991. The van der Waals surface area contributed by atoms with Crippen LogP contribution in [0, 0.1) is 0 Å². The summed E-state index contributed by atoms with van der Waals surface area (Å²) in [4.78, 5) is 13.3. The summed E-state index contributed by atoms with van der Waals surface area (Å²) in [5, 5.41) is 0. The normalized spacial score (nSPS) is 25.7. The molecule has 15 heavy (non-hydrogen) atoms. The van der Waals surface area contributed by atoms with Gasteiger partial charge in [0.15, 0.2) is 5.78 Å². The molecular weight excluding hydrogens is 292 g/mol. The number of Topliss-reactive ketones (excluding diaryl/α,β-unsaturated/α-hetero) is 1. The predicted molar refractivity (Wildman–Crippen MR) is 70.8 cm³/mol. The van der Waals surface area contributed by atoms with E-state index in [4.69, 9.17) is 0 Å². The van der Waals surface area contributed by atoms with Gasteiger partial charge in [-0.05, 0) is 53.6 Å². The van der Waals surface area contributed by atoms with Crippen LogP contribution in [0.4, 0.5) is 0 Å². The van der Waals surface area contributed by atoms with Crippen molar-refractivity contribution in [2.45, 2.75) is 30.9 Å². The summed E-state index contributed by atoms with van der Waals surface area (Å²) in [5.41, 5.74) is 0. The highest BCUT2D eigenvalue weighted by Crippen LogP contribution is 2.39. The molecule has 2 rings (SSSR count). The van der Waals surface area contributed by atoms with Gasteiger partial charge in [-0.15, -0.1) is 23.1 Å². The molecule has 0 radical (unpaired) electrons. The fourth-order valence-electron chi connectivity index (χ4n) is 1.79. The maximum absolute atomic E-state index is 12.1. The number of carbonyl (C=O) groups excluding carboxylic acids is 1. The number of carbonyl (C=O) groups is 1. The fraction of sp³-hybridized carbons (Fsp3) is 0.545. The third-order valence-electron chi connectivity index (χ3n) is 2.77. The Hall–Kier alpha value is 0.200. The SMILES string of the molecule is CC1(C(=O)Cc2ccc(Br)s2)CCCS1. The molecule has 1 saturated heterocycles. The van der Waals surface area contributed by atoms with Crippen LogP contribution in [0.25, 0.3) is 0 Å². The Labute approximate surface area is 107 Å². The van der Waals surface area contributed by atoms with Crippen molar-refractivity contribution in [3.63, 3.8) is 0 Å². The van der Waals surface area contributed by atoms with Crippen molar-refractivity contribution in [1.82, 2.24) is 0 Å². The van der Waals surface area contributed by atoms with Crippen LogP contribution in [0.15, 0.2) is 15.9 Å². The van der Waals surface area contributed by atoms with Gasteiger partial charge < -0.3 is 0 Å². The number of rotatable bonds is 3. The van der Waals surface area contributed by atoms with Crippen molar-refractivity contribution in [2.75, 3.05) is 5.75 Å². The van der Waals surface area contributed by atoms with Crippen LogP contribution in [-0.4, -0.2) is 16.3 Å². The lowest BCUT2D eigenvalue weighted by Crippen LogP contribution is -2.29. The first-order chi connectivity index (χ1) is 7.10. The number of halogens is 1. The summed E-state index contributed by atoms with van der Waals surface area (Å²) in [6, 6.07) is 4.05. The van der Waals surface area contributed by atoms with Gasteiger partial charge in [0.05, 0.1) is 8.53 Å². The minimum Gasteiger partial charge on any atom is -0.298 e. The highest BCUT2D eigenvalue weighted by Gasteiger charge is 2.36. The number of hydrogen-bond donors (Lipinski definition) is 0. The van der Waals surface area contributed by atoms with E-state index in [9.17, 15) is 4.79 Å². The average molecular weight is 305 g/mol. The summed E-state index contributed by atoms with van der Waals surface area (Å²) in [5.74, 6) is 1.52. The number of thiophene rings is 1. The second-order valence-electron chi connectivity index (χ2n) is 3.99. The van der Waals surface area contributed by atoms with Crippen molar-refractivity contribution in [3.8, 4) is 0 Å². The predicted octanol–water partition coefficient (Wildman–Crippen LogP) is 3.91. The van der Waals surface area contributed by atoms with Crippen LogP contribution in [0.5, 0.6) is 0 Å². The standard InChI is InChI=1S/C11H13BrOS2/c1-11(5-2-6-14-11)9(13)7-8-3-4-10(12)15-8/h3-4H,2,5-7H2,1H3. The van der Waals surface area contributed by atoms with Crippen LogP contribution in [0.2, 0.25) is 0 Å². The molecule has 0 saturated carbocycles. The zero-order chi connectivity index (χ0) is 10.9. The first-order valence-corrected chi connectivity index (χ1v) is 7.61. The van der Waals surface area contributed by atoms with E-state index in [-0.39, 0.29) is 4.75 Å². The van der Waals surface area contributed by atoms with E-state index in [1.807, 2.05) is 23.9 Å². The highest BCUT2D eigenvalue weighted by atomic mass is 79.9. The van der Waals surface area contributed by atoms with Crippen molar-refractivity contribution in [1.29, 1.82) is 0 Å². The van der Waals surface area contributed by atoms with Gasteiger partial charge in [0.25, 0.3) is 0 Å². The molecule has 0 bridgehead atoms. The van der Waals surface area contributed by atoms with Crippen LogP contribution in [0.3, 0.4) is 0 Å². The molecule has 1 aromatic rings. The van der Waals surface area contributed by atoms with Gasteiger partial charge in [-0.25, -0.2) is 0 Å². The highest BCUT2D eigenvalue weighted by molar-refractivity contribution is 9.11. The molecule has 1 aliphatic rings. The van der Waals surface area contributed by atoms with E-state index in [2.05, 4.69) is 22.9 Å². The molecule has 1 aromatic heterocycles. The minimum atomic E-state index is -0.115. The molecular formula is C11H13BrOS2. The molecule has 1 nitrogen and oxygen atoms in total. The first kappa shape index (κ1) is 11.7. The van der Waals surface area contributed by atoms with Crippen molar-refractivity contribution < 1.29 is 4.79 Å². The molecule has 0 aliphatic carbocycles. The van der Waals surface area contributed by atoms with Gasteiger partial charge in [0, 0.05) is 11.3 Å². The molecule has 4 heteroatoms. The van der Waals surface area contributed by atoms with Crippen molar-refractivity contribution in [2.24, 2.45) is 0 Å². The number of thioether (sulfide) groups is 1. The van der Waals surface area contributed by atoms with Gasteiger partial charge in [0.1, 0.15) is 0 Å². The lowest BCUT2D eigenvalue weighted by molar-refractivity contribution is -0.120. The van der Waals surface area contributed by atoms with Crippen LogP contribution >= 0.6 is 39.0 Å². The van der Waals surface area contributed by atoms with Gasteiger partial charge >= 0.3 is 0 Å². The van der Waals surface area contributed by atoms with E-state index in [0.717, 1.165) is 16.0 Å². The smallest absolute Gasteiger partial charge is 0.153 e. The van der Waals surface area contributed by atoms with Gasteiger partial charge in [-0.3, -0.25) is 4.79 Å². The third-order valence-corrected chi connectivity index (χ3v) is 5.96. The Morgan fingerprint density at radius 2 is 2.40 bits per heavy atom. The lowest BCUT2D eigenvalue weighted by Gasteiger charge is -2.20. The van der Waals surface area contributed by atoms with E-state index in [1.54, 1.807) is 11.3 Å². The topological polar surface area (TPSA) is 17.1 Å². The van der Waals surface area contributed by atoms with Crippen molar-refractivity contribution >= 4 is 44.8 Å². The molecule has 1 atom stereocenters. The summed E-state index contributed by atoms with van der Waals surface area (Å²) in [6.45, 7) is 2.09. The summed E-state index contributed by atoms with van der Waals surface area (Å²) >= 11 is 6.90. The monoisotopic (exact) mass is 304 g/mol. The Balaban J connectivity index is 2.03. The Morgan fingerprint density at radius 1 is 1.60 bits per heavy atom. The fourth-order valence-corrected chi connectivity index (χ4v) is 4.53. The van der Waals surface area contributed by atoms with Gasteiger partial charge in [-0.2, -0.15) is 0 Å². The van der Waals surface area contributed by atoms with Crippen LogP contribution in [-0.2, 0) is 11.2 Å². The summed E-state index contributed by atoms with van der Waals surface area (Å²) in [6.07, 6.45) is 2.82. The maximum Gasteiger partial charge on any atom is 0.153 e. The molecule has 1 fully saturated rings. The number of ketones is 1. The van der Waals surface area contributed by atoms with E-state index in [1.165, 1.54) is 11.3 Å². The molecule has 0 amide bonds. The van der Waals surface area contributed by atoms with Gasteiger partial charge in [0.2, 0.25) is 0 Å². The summed E-state index contributed by atoms with van der Waals surface area (Å²) in [7, 11) is 0. The van der Waals surface area contributed by atoms with Crippen LogP contribution < -0.4 is 0 Å². The average Bonchev–Trinajstić information content (AvgIpc) is 2.76. The Kier molecular flexibility index (Phi) is 3.58. The van der Waals surface area contributed by atoms with E-state index >= 15 is 0 Å².